The molecule has 0 aliphatic heterocycles. The molecule has 9 nitrogen and oxygen atoms in total. The molecule has 40 heavy (non-hydrogen) atoms. The summed E-state index contributed by atoms with van der Waals surface area (Å²) in [6.07, 6.45) is 0.844. The van der Waals surface area contributed by atoms with Crippen LogP contribution in [0.3, 0.4) is 0 Å². The molecule has 1 amide bonds. The lowest BCUT2D eigenvalue weighted by Gasteiger charge is -2.39. The fourth-order valence-corrected chi connectivity index (χ4v) is 5.63. The number of fused-ring (bicyclic) bond motifs is 1. The summed E-state index contributed by atoms with van der Waals surface area (Å²) >= 11 is 0. The van der Waals surface area contributed by atoms with E-state index in [9.17, 15) is 27.9 Å². The number of carboxylic acids is 1. The third kappa shape index (κ3) is 4.33. The normalized spacial score (nSPS) is 20.5. The Balaban J connectivity index is 1.50. The maximum atomic E-state index is 13.0. The van der Waals surface area contributed by atoms with Gasteiger partial charge < -0.3 is 16.2 Å². The molecule has 0 saturated heterocycles. The Kier molecular flexibility index (Phi) is 6.31. The summed E-state index contributed by atoms with van der Waals surface area (Å²) in [4.78, 5) is 37.7. The Morgan fingerprint density at radius 3 is 2.42 bits per heavy atom. The number of pyridine rings is 1. The minimum absolute atomic E-state index is 0.200. The Bertz CT molecular complexity index is 1630. The largest absolute Gasteiger partial charge is 0.481 e. The van der Waals surface area contributed by atoms with Crippen LogP contribution in [0.2, 0.25) is 0 Å². The number of aromatic nitrogens is 4. The highest BCUT2D eigenvalue weighted by molar-refractivity contribution is 6.04. The zero-order valence-corrected chi connectivity index (χ0v) is 22.0. The van der Waals surface area contributed by atoms with Crippen LogP contribution in [-0.2, 0) is 16.4 Å². The van der Waals surface area contributed by atoms with E-state index in [0.29, 0.717) is 35.4 Å². The molecule has 4 aromatic rings. The van der Waals surface area contributed by atoms with Gasteiger partial charge in [0.2, 0.25) is 0 Å². The van der Waals surface area contributed by atoms with Crippen LogP contribution in [0, 0.1) is 11.3 Å². The molecule has 3 heterocycles. The number of aliphatic carboxylic acids is 1. The van der Waals surface area contributed by atoms with E-state index in [1.165, 1.54) is 12.1 Å². The molecule has 0 radical (unpaired) electrons. The first-order chi connectivity index (χ1) is 18.7. The number of carbonyl (C=O) groups excluding carboxylic acids is 1. The minimum Gasteiger partial charge on any atom is -0.481 e. The average molecular weight is 553 g/mol. The molecule has 0 spiro atoms. The van der Waals surface area contributed by atoms with Crippen molar-refractivity contribution in [1.29, 1.82) is 0 Å². The number of imidazole rings is 1. The molecular weight excluding hydrogens is 525 g/mol. The maximum Gasteiger partial charge on any atom is 0.416 e. The van der Waals surface area contributed by atoms with Gasteiger partial charge in [-0.05, 0) is 42.5 Å². The topological polar surface area (TPSA) is 135 Å². The van der Waals surface area contributed by atoms with E-state index >= 15 is 0 Å². The second kappa shape index (κ2) is 9.32. The summed E-state index contributed by atoms with van der Waals surface area (Å²) in [6, 6.07) is 7.96. The summed E-state index contributed by atoms with van der Waals surface area (Å²) in [6.45, 7) is 5.90. The van der Waals surface area contributed by atoms with Crippen LogP contribution < -0.4 is 11.1 Å². The Labute approximate surface area is 227 Å². The standard InChI is InChI=1S/C28H27F3N6O3/c1-26(2)18(24(39)40)8-10-27(26,3)25-36-20(21-22(32)34-12-13-37(21)25)15-4-6-16(7-5-15)23(38)35-19-14-17(9-11-33-19)28(29,30)31/h4-7,9,11-14,18H,8,10H2,1-3H3,(H2,32,34)(H,39,40)(H,33,35,38)/t18-,27+/m1/s1. The molecule has 12 heteroatoms. The van der Waals surface area contributed by atoms with Crippen molar-refractivity contribution >= 4 is 29.0 Å². The van der Waals surface area contributed by atoms with Crippen molar-refractivity contribution in [2.75, 3.05) is 11.1 Å². The van der Waals surface area contributed by atoms with E-state index in [1.54, 1.807) is 24.5 Å². The Hall–Kier alpha value is -4.48. The zero-order chi connectivity index (χ0) is 29.0. The lowest BCUT2D eigenvalue weighted by Crippen LogP contribution is -2.41. The molecular formula is C28H27F3N6O3. The van der Waals surface area contributed by atoms with Gasteiger partial charge in [0, 0.05) is 35.1 Å². The highest BCUT2D eigenvalue weighted by Crippen LogP contribution is 2.57. The number of benzene rings is 1. The van der Waals surface area contributed by atoms with E-state index in [4.69, 9.17) is 10.7 Å². The monoisotopic (exact) mass is 552 g/mol. The summed E-state index contributed by atoms with van der Waals surface area (Å²) in [7, 11) is 0. The number of carboxylic acid groups (broad SMARTS) is 1. The number of hydrogen-bond acceptors (Lipinski definition) is 6. The Morgan fingerprint density at radius 1 is 1.10 bits per heavy atom. The second-order valence-corrected chi connectivity index (χ2v) is 10.8. The lowest BCUT2D eigenvalue weighted by atomic mass is 9.65. The number of carbonyl (C=O) groups is 2. The van der Waals surface area contributed by atoms with E-state index in [1.807, 2.05) is 25.2 Å². The third-order valence-electron chi connectivity index (χ3n) is 8.35. The number of nitrogen functional groups attached to an aromatic ring is 1. The van der Waals surface area contributed by atoms with Gasteiger partial charge in [-0.15, -0.1) is 0 Å². The fraction of sp³-hybridized carbons (Fsp3) is 0.321. The molecule has 4 N–H and O–H groups in total. The van der Waals surface area contributed by atoms with Crippen molar-refractivity contribution in [2.45, 2.75) is 45.2 Å². The van der Waals surface area contributed by atoms with Gasteiger partial charge in [0.1, 0.15) is 28.7 Å². The first-order valence-electron chi connectivity index (χ1n) is 12.5. The zero-order valence-electron chi connectivity index (χ0n) is 22.0. The summed E-state index contributed by atoms with van der Waals surface area (Å²) in [5.41, 5.74) is 6.05. The molecule has 208 valence electrons. The molecule has 0 bridgehead atoms. The quantitative estimate of drug-likeness (QED) is 0.301. The summed E-state index contributed by atoms with van der Waals surface area (Å²) in [5, 5.41) is 12.2. The van der Waals surface area contributed by atoms with E-state index in [-0.39, 0.29) is 17.2 Å². The average Bonchev–Trinajstić information content (AvgIpc) is 3.40. The van der Waals surface area contributed by atoms with Crippen molar-refractivity contribution in [3.05, 3.63) is 71.9 Å². The maximum absolute atomic E-state index is 13.0. The number of alkyl halides is 3. The number of anilines is 2. The van der Waals surface area contributed by atoms with Crippen molar-refractivity contribution in [2.24, 2.45) is 11.3 Å². The van der Waals surface area contributed by atoms with Crippen molar-refractivity contribution in [3.63, 3.8) is 0 Å². The van der Waals surface area contributed by atoms with E-state index < -0.39 is 40.4 Å². The molecule has 1 saturated carbocycles. The first-order valence-corrected chi connectivity index (χ1v) is 12.5. The van der Waals surface area contributed by atoms with E-state index in [0.717, 1.165) is 18.3 Å². The van der Waals surface area contributed by atoms with Gasteiger partial charge in [-0.3, -0.25) is 14.0 Å². The number of nitrogens with zero attached hydrogens (tertiary/aromatic N) is 4. The van der Waals surface area contributed by atoms with Gasteiger partial charge in [-0.25, -0.2) is 15.0 Å². The van der Waals surface area contributed by atoms with Crippen molar-refractivity contribution in [1.82, 2.24) is 19.4 Å². The number of nitrogens with one attached hydrogen (secondary N) is 1. The Morgan fingerprint density at radius 2 is 1.80 bits per heavy atom. The summed E-state index contributed by atoms with van der Waals surface area (Å²) in [5.74, 6) is -1.34. The van der Waals surface area contributed by atoms with Crippen molar-refractivity contribution in [3.8, 4) is 11.3 Å². The number of halogens is 3. The molecule has 3 aromatic heterocycles. The van der Waals surface area contributed by atoms with Crippen LogP contribution in [-0.4, -0.2) is 36.3 Å². The number of nitrogens with two attached hydrogens (primary N) is 1. The van der Waals surface area contributed by atoms with E-state index in [2.05, 4.69) is 15.3 Å². The van der Waals surface area contributed by atoms with Gasteiger partial charge in [-0.2, -0.15) is 13.2 Å². The van der Waals surface area contributed by atoms with Crippen LogP contribution in [0.1, 0.15) is 55.4 Å². The van der Waals surface area contributed by atoms with Gasteiger partial charge >= 0.3 is 12.1 Å². The van der Waals surface area contributed by atoms with Crippen molar-refractivity contribution < 1.29 is 27.9 Å². The number of amides is 1. The fourth-order valence-electron chi connectivity index (χ4n) is 5.63. The minimum atomic E-state index is -4.56. The highest BCUT2D eigenvalue weighted by atomic mass is 19.4. The van der Waals surface area contributed by atoms with Gasteiger partial charge in [0.15, 0.2) is 0 Å². The van der Waals surface area contributed by atoms with Crippen LogP contribution >= 0.6 is 0 Å². The van der Waals surface area contributed by atoms with Crippen LogP contribution in [0.15, 0.2) is 55.0 Å². The predicted molar refractivity (Wildman–Crippen MR) is 142 cm³/mol. The van der Waals surface area contributed by atoms with Crippen LogP contribution in [0.4, 0.5) is 24.8 Å². The first kappa shape index (κ1) is 27.1. The molecule has 1 fully saturated rings. The van der Waals surface area contributed by atoms with Gasteiger partial charge in [0.25, 0.3) is 5.91 Å². The second-order valence-electron chi connectivity index (χ2n) is 10.8. The summed E-state index contributed by atoms with van der Waals surface area (Å²) < 4.78 is 40.9. The van der Waals surface area contributed by atoms with Gasteiger partial charge in [-0.1, -0.05) is 32.9 Å². The predicted octanol–water partition coefficient (Wildman–Crippen LogP) is 5.42. The smallest absolute Gasteiger partial charge is 0.416 e. The molecule has 2 atom stereocenters. The molecule has 1 aliphatic rings. The molecule has 1 aliphatic carbocycles. The van der Waals surface area contributed by atoms with Crippen LogP contribution in [0.25, 0.3) is 16.8 Å². The molecule has 1 aromatic carbocycles. The third-order valence-corrected chi connectivity index (χ3v) is 8.35. The van der Waals surface area contributed by atoms with Crippen LogP contribution in [0.5, 0.6) is 0 Å². The van der Waals surface area contributed by atoms with Gasteiger partial charge in [0.05, 0.1) is 11.5 Å². The SMILES string of the molecule is CC1(C)[C@@H](C(=O)O)CC[C@@]1(C)c1nc(-c2ccc(C(=O)Nc3cc(C(F)(F)F)ccn3)cc2)c2c(N)nccn12. The number of rotatable bonds is 5. The highest BCUT2D eigenvalue weighted by Gasteiger charge is 2.57. The number of hydrogen-bond donors (Lipinski definition) is 3. The molecule has 0 unspecified atom stereocenters. The lowest BCUT2D eigenvalue weighted by molar-refractivity contribution is -0.145. The molecule has 5 rings (SSSR count).